The number of carbonyl (C=O) groups is 2. The van der Waals surface area contributed by atoms with Crippen molar-refractivity contribution in [1.29, 1.82) is 0 Å². The lowest BCUT2D eigenvalue weighted by atomic mass is 9.95. The van der Waals surface area contributed by atoms with Gasteiger partial charge >= 0.3 is 6.03 Å². The van der Waals surface area contributed by atoms with Crippen LogP contribution in [0.3, 0.4) is 0 Å². The minimum absolute atomic E-state index is 0.0445. The van der Waals surface area contributed by atoms with E-state index in [2.05, 4.69) is 10.3 Å². The Morgan fingerprint density at radius 2 is 1.81 bits per heavy atom. The molecular weight excluding hydrogens is 754 g/mol. The molecule has 1 aliphatic heterocycles. The van der Waals surface area contributed by atoms with Crippen LogP contribution in [0.5, 0.6) is 0 Å². The van der Waals surface area contributed by atoms with Gasteiger partial charge in [0.2, 0.25) is 15.9 Å². The second-order valence-electron chi connectivity index (χ2n) is 13.9. The summed E-state index contributed by atoms with van der Waals surface area (Å²) in [6.45, 7) is 10.5. The molecule has 3 amide bonds. The van der Waals surface area contributed by atoms with Gasteiger partial charge in [-0.2, -0.15) is 4.31 Å². The van der Waals surface area contributed by atoms with Crippen LogP contribution in [0.2, 0.25) is 5.02 Å². The van der Waals surface area contributed by atoms with Crippen LogP contribution in [0, 0.1) is 18.8 Å². The number of benzene rings is 2. The average Bonchev–Trinajstić information content (AvgIpc) is 3.86. The molecule has 0 radical (unpaired) electrons. The lowest BCUT2D eigenvalue weighted by Crippen LogP contribution is -2.57. The number of aromatic nitrogens is 2. The van der Waals surface area contributed by atoms with E-state index in [9.17, 15) is 23.1 Å². The number of halogens is 1. The molecule has 1 aliphatic rings. The third-order valence-electron chi connectivity index (χ3n) is 9.31. The minimum Gasteiger partial charge on any atom is -0.397 e. The van der Waals surface area contributed by atoms with Gasteiger partial charge in [0.15, 0.2) is 0 Å². The molecule has 0 aliphatic carbocycles. The van der Waals surface area contributed by atoms with E-state index in [0.29, 0.717) is 26.1 Å². The Kier molecular flexibility index (Phi) is 13.5. The van der Waals surface area contributed by atoms with Crippen molar-refractivity contribution >= 4 is 61.9 Å². The minimum atomic E-state index is -4.11. The lowest BCUT2D eigenvalue weighted by molar-refractivity contribution is -0.128. The predicted molar refractivity (Wildman–Crippen MR) is 211 cm³/mol. The van der Waals surface area contributed by atoms with Gasteiger partial charge in [-0.25, -0.2) is 23.2 Å². The highest BCUT2D eigenvalue weighted by Crippen LogP contribution is 2.29. The monoisotopic (exact) mass is 801 g/mol. The van der Waals surface area contributed by atoms with Crippen molar-refractivity contribution in [2.75, 3.05) is 31.9 Å². The second-order valence-corrected chi connectivity index (χ2v) is 18.2. The Bertz CT molecular complexity index is 1970. The third kappa shape index (κ3) is 9.94. The first-order valence-electron chi connectivity index (χ1n) is 17.7. The van der Waals surface area contributed by atoms with Crippen LogP contribution in [0.4, 0.5) is 10.5 Å². The molecule has 0 saturated carbocycles. The van der Waals surface area contributed by atoms with E-state index in [4.69, 9.17) is 22.3 Å². The molecule has 1 fully saturated rings. The summed E-state index contributed by atoms with van der Waals surface area (Å²) in [5, 5.41) is 20.8. The molecule has 3 heterocycles. The molecule has 53 heavy (non-hydrogen) atoms. The van der Waals surface area contributed by atoms with E-state index in [1.165, 1.54) is 33.8 Å². The third-order valence-corrected chi connectivity index (χ3v) is 13.2. The molecular formula is C37H48ClN7O5S3. The van der Waals surface area contributed by atoms with Crippen LogP contribution in [0.1, 0.15) is 50.4 Å². The van der Waals surface area contributed by atoms with Crippen molar-refractivity contribution in [2.24, 2.45) is 11.8 Å². The first-order valence-corrected chi connectivity index (χ1v) is 21.3. The zero-order chi connectivity index (χ0) is 38.4. The maximum Gasteiger partial charge on any atom is 0.321 e. The highest BCUT2D eigenvalue weighted by molar-refractivity contribution is 7.89. The molecule has 4 aromatic rings. The Morgan fingerprint density at radius 3 is 2.45 bits per heavy atom. The lowest BCUT2D eigenvalue weighted by Gasteiger charge is -2.35. The summed E-state index contributed by atoms with van der Waals surface area (Å²) >= 11 is 9.12. The van der Waals surface area contributed by atoms with Gasteiger partial charge in [-0.3, -0.25) is 4.79 Å². The fourth-order valence-corrected chi connectivity index (χ4v) is 9.57. The quantitative estimate of drug-likeness (QED) is 0.111. The van der Waals surface area contributed by atoms with Crippen LogP contribution < -0.4 is 11.1 Å². The van der Waals surface area contributed by atoms with E-state index in [1.54, 1.807) is 21.1 Å². The van der Waals surface area contributed by atoms with Gasteiger partial charge in [0, 0.05) is 36.9 Å². The summed E-state index contributed by atoms with van der Waals surface area (Å²) in [4.78, 5) is 40.7. The number of aryl methyl sites for hydroxylation is 1. The summed E-state index contributed by atoms with van der Waals surface area (Å²) in [5.41, 5.74) is 8.50. The highest BCUT2D eigenvalue weighted by atomic mass is 35.5. The number of nitrogen functional groups attached to an aromatic ring is 1. The number of nitrogens with two attached hydrogens (primary N) is 1. The van der Waals surface area contributed by atoms with Crippen LogP contribution in [-0.4, -0.2) is 93.9 Å². The number of amides is 3. The average molecular weight is 802 g/mol. The van der Waals surface area contributed by atoms with Crippen LogP contribution in [-0.2, 0) is 27.8 Å². The summed E-state index contributed by atoms with van der Waals surface area (Å²) in [6.07, 6.45) is -0.447. The molecule has 5 rings (SSSR count). The Balaban J connectivity index is 1.36. The number of anilines is 1. The van der Waals surface area contributed by atoms with Gasteiger partial charge in [0.1, 0.15) is 16.7 Å². The van der Waals surface area contributed by atoms with Gasteiger partial charge in [0.25, 0.3) is 0 Å². The van der Waals surface area contributed by atoms with E-state index in [1.807, 2.05) is 75.7 Å². The Morgan fingerprint density at radius 1 is 1.08 bits per heavy atom. The number of aliphatic hydroxyl groups excluding tert-OH is 1. The number of aliphatic hydroxyl groups is 1. The zero-order valence-corrected chi connectivity index (χ0v) is 33.8. The number of rotatable bonds is 17. The van der Waals surface area contributed by atoms with Gasteiger partial charge in [-0.15, -0.1) is 22.7 Å². The molecule has 16 heteroatoms. The molecule has 4 atom stereocenters. The molecule has 1 saturated heterocycles. The molecule has 12 nitrogen and oxygen atoms in total. The van der Waals surface area contributed by atoms with Gasteiger partial charge < -0.3 is 26.0 Å². The fraction of sp³-hybridized carbons (Fsp3) is 0.459. The standard InChI is InChI=1S/C37H48ClN7O5S3/c1-6-24(4)34(45-15-14-43(37(45)48)19-27-21-52-36(41-27)32-22-51-25(5)40-32)35(47)42-31(16-26-10-8-7-9-11-26)33(46)20-44(18-23(2)3)53(49,50)28-12-13-29(38)30(39)17-28/h7-13,17,21-24,31,33-34,46H,6,14-16,18-20,39H2,1-5H3,(H,42,47)/t24-,31-,33+,34-/m0/s1. The molecule has 0 unspecified atom stereocenters. The number of nitrogens with one attached hydrogen (secondary N) is 1. The molecule has 4 N–H and O–H groups in total. The van der Waals surface area contributed by atoms with Crippen molar-refractivity contribution in [3.8, 4) is 10.7 Å². The van der Waals surface area contributed by atoms with Gasteiger partial charge in [0.05, 0.1) is 45.0 Å². The number of sulfonamides is 1. The summed E-state index contributed by atoms with van der Waals surface area (Å²) < 4.78 is 29.1. The van der Waals surface area contributed by atoms with Crippen molar-refractivity contribution in [3.63, 3.8) is 0 Å². The van der Waals surface area contributed by atoms with Crippen molar-refractivity contribution in [1.82, 2.24) is 29.4 Å². The first-order chi connectivity index (χ1) is 25.2. The number of thiazole rings is 2. The molecule has 0 bridgehead atoms. The molecule has 2 aromatic heterocycles. The SMILES string of the molecule is CC[C@H](C)[C@@H](C(=O)N[C@@H](Cc1ccccc1)[C@H](O)CN(CC(C)C)S(=O)(=O)c1ccc(Cl)c(N)c1)N1CCN(Cc2csc(-c3csc(C)n3)n2)C1=O. The number of hydrogen-bond acceptors (Lipinski definition) is 10. The van der Waals surface area contributed by atoms with E-state index < -0.39 is 34.1 Å². The summed E-state index contributed by atoms with van der Waals surface area (Å²) in [7, 11) is -4.11. The first kappa shape index (κ1) is 40.6. The van der Waals surface area contributed by atoms with Crippen molar-refractivity contribution in [2.45, 2.75) is 77.1 Å². The largest absolute Gasteiger partial charge is 0.397 e. The number of urea groups is 1. The number of hydrogen-bond donors (Lipinski definition) is 3. The maximum atomic E-state index is 14.4. The van der Waals surface area contributed by atoms with E-state index in [0.717, 1.165) is 27.0 Å². The van der Waals surface area contributed by atoms with Crippen LogP contribution in [0.25, 0.3) is 10.7 Å². The predicted octanol–water partition coefficient (Wildman–Crippen LogP) is 5.90. The number of carbonyl (C=O) groups excluding carboxylic acids is 2. The molecule has 2 aromatic carbocycles. The van der Waals surface area contributed by atoms with Crippen LogP contribution >= 0.6 is 34.3 Å². The maximum absolute atomic E-state index is 14.4. The van der Waals surface area contributed by atoms with E-state index in [-0.39, 0.29) is 53.0 Å². The second kappa shape index (κ2) is 17.7. The Hall–Kier alpha value is -3.60. The molecule has 0 spiro atoms. The fourth-order valence-electron chi connectivity index (χ4n) is 6.36. The van der Waals surface area contributed by atoms with Crippen LogP contribution in [0.15, 0.2) is 64.2 Å². The van der Waals surface area contributed by atoms with Crippen molar-refractivity contribution < 1.29 is 23.1 Å². The molecule has 286 valence electrons. The van der Waals surface area contributed by atoms with Gasteiger partial charge in [-0.05, 0) is 48.9 Å². The summed E-state index contributed by atoms with van der Waals surface area (Å²) in [5.74, 6) is -0.691. The summed E-state index contributed by atoms with van der Waals surface area (Å²) in [6, 6.07) is 11.5. The number of nitrogens with zero attached hydrogens (tertiary/aromatic N) is 5. The highest BCUT2D eigenvalue weighted by Gasteiger charge is 2.41. The van der Waals surface area contributed by atoms with Crippen molar-refractivity contribution in [3.05, 3.63) is 80.6 Å². The topological polar surface area (TPSA) is 162 Å². The Labute approximate surface area is 325 Å². The van der Waals surface area contributed by atoms with Gasteiger partial charge in [-0.1, -0.05) is 76.0 Å². The normalized spacial score (nSPS) is 16.0. The zero-order valence-electron chi connectivity index (χ0n) is 30.6. The smallest absolute Gasteiger partial charge is 0.321 e. The van der Waals surface area contributed by atoms with E-state index >= 15 is 0 Å².